The van der Waals surface area contributed by atoms with Crippen molar-refractivity contribution in [2.75, 3.05) is 13.1 Å². The number of carbonyl (C=O) groups is 1. The lowest BCUT2D eigenvalue weighted by Gasteiger charge is -2.35. The van der Waals surface area contributed by atoms with Crippen LogP contribution in [0.15, 0.2) is 0 Å². The monoisotopic (exact) mass is 262 g/mol. The van der Waals surface area contributed by atoms with Crippen molar-refractivity contribution in [1.29, 1.82) is 0 Å². The first kappa shape index (κ1) is 16.7. The van der Waals surface area contributed by atoms with Crippen LogP contribution in [-0.2, 0) is 4.79 Å². The molecule has 3 nitrogen and oxygen atoms in total. The van der Waals surface area contributed by atoms with Gasteiger partial charge in [-0.2, -0.15) is 0 Å². The Morgan fingerprint density at radius 1 is 1.29 bits per heavy atom. The fourth-order valence-electron chi connectivity index (χ4n) is 2.48. The van der Waals surface area contributed by atoms with Crippen LogP contribution in [0.25, 0.3) is 0 Å². The second-order valence-corrected chi connectivity index (χ2v) is 5.64. The number of rotatable bonds is 5. The second-order valence-electron chi connectivity index (χ2n) is 5.64. The van der Waals surface area contributed by atoms with Gasteiger partial charge in [0.25, 0.3) is 0 Å². The molecule has 0 aromatic carbocycles. The Bertz CT molecular complexity index is 225. The minimum absolute atomic E-state index is 0. The van der Waals surface area contributed by atoms with E-state index in [1.165, 1.54) is 19.3 Å². The first-order chi connectivity index (χ1) is 7.58. The van der Waals surface area contributed by atoms with Crippen molar-refractivity contribution < 1.29 is 4.79 Å². The van der Waals surface area contributed by atoms with Crippen LogP contribution in [0.5, 0.6) is 0 Å². The average Bonchev–Trinajstić information content (AvgIpc) is 2.28. The Balaban J connectivity index is 0.00000256. The van der Waals surface area contributed by atoms with E-state index >= 15 is 0 Å². The lowest BCUT2D eigenvalue weighted by atomic mass is 9.71. The van der Waals surface area contributed by atoms with Gasteiger partial charge in [0.2, 0.25) is 5.91 Å². The maximum atomic E-state index is 11.8. The van der Waals surface area contributed by atoms with Gasteiger partial charge in [0.05, 0.1) is 0 Å². The molecule has 1 aliphatic rings. The van der Waals surface area contributed by atoms with Gasteiger partial charge in [0.1, 0.15) is 0 Å². The quantitative estimate of drug-likeness (QED) is 0.800. The zero-order valence-electron chi connectivity index (χ0n) is 11.1. The molecule has 3 N–H and O–H groups in total. The highest BCUT2D eigenvalue weighted by atomic mass is 35.5. The molecule has 0 aromatic heterocycles. The van der Waals surface area contributed by atoms with Gasteiger partial charge < -0.3 is 11.1 Å². The summed E-state index contributed by atoms with van der Waals surface area (Å²) in [6.45, 7) is 5.65. The van der Waals surface area contributed by atoms with E-state index in [-0.39, 0.29) is 23.7 Å². The molecule has 1 amide bonds. The van der Waals surface area contributed by atoms with E-state index < -0.39 is 0 Å². The molecule has 1 fully saturated rings. The smallest absolute Gasteiger partial charge is 0.220 e. The molecule has 0 heterocycles. The van der Waals surface area contributed by atoms with Crippen LogP contribution < -0.4 is 11.1 Å². The Morgan fingerprint density at radius 2 is 1.88 bits per heavy atom. The molecular weight excluding hydrogens is 236 g/mol. The average molecular weight is 263 g/mol. The molecule has 0 aliphatic heterocycles. The Kier molecular flexibility index (Phi) is 7.80. The first-order valence-electron chi connectivity index (χ1n) is 6.55. The van der Waals surface area contributed by atoms with Crippen molar-refractivity contribution in [3.05, 3.63) is 0 Å². The van der Waals surface area contributed by atoms with E-state index in [4.69, 9.17) is 5.73 Å². The number of carbonyl (C=O) groups excluding carboxylic acids is 1. The molecule has 0 atom stereocenters. The largest absolute Gasteiger partial charge is 0.356 e. The summed E-state index contributed by atoms with van der Waals surface area (Å²) in [5.41, 5.74) is 5.96. The van der Waals surface area contributed by atoms with Gasteiger partial charge >= 0.3 is 0 Å². The van der Waals surface area contributed by atoms with Crippen molar-refractivity contribution in [2.45, 2.75) is 52.4 Å². The van der Waals surface area contributed by atoms with Gasteiger partial charge in [0, 0.05) is 13.0 Å². The fourth-order valence-corrected chi connectivity index (χ4v) is 2.48. The summed E-state index contributed by atoms with van der Waals surface area (Å²) in [7, 11) is 0. The van der Waals surface area contributed by atoms with Crippen LogP contribution in [0.3, 0.4) is 0 Å². The highest BCUT2D eigenvalue weighted by molar-refractivity contribution is 5.85. The number of amides is 1. The van der Waals surface area contributed by atoms with E-state index in [0.29, 0.717) is 18.9 Å². The predicted octanol–water partition coefficient (Wildman–Crippen LogP) is 2.48. The zero-order valence-corrected chi connectivity index (χ0v) is 11.9. The van der Waals surface area contributed by atoms with Gasteiger partial charge in [-0.1, -0.05) is 33.1 Å². The van der Waals surface area contributed by atoms with Crippen LogP contribution in [0, 0.1) is 11.3 Å². The van der Waals surface area contributed by atoms with E-state index in [0.717, 1.165) is 19.4 Å². The topological polar surface area (TPSA) is 55.1 Å². The summed E-state index contributed by atoms with van der Waals surface area (Å²) in [6.07, 6.45) is 6.63. The van der Waals surface area contributed by atoms with E-state index in [1.807, 2.05) is 0 Å². The standard InChI is InChI=1S/C13H26N2O.ClH/c1-11(2)9-15-12(16)8-13(10-14)6-4-3-5-7-13;/h11H,3-10,14H2,1-2H3,(H,15,16);1H. The van der Waals surface area contributed by atoms with Crippen molar-refractivity contribution in [3.63, 3.8) is 0 Å². The number of nitrogens with one attached hydrogen (secondary N) is 1. The number of hydrogen-bond acceptors (Lipinski definition) is 2. The third-order valence-corrected chi connectivity index (χ3v) is 3.59. The lowest BCUT2D eigenvalue weighted by Crippen LogP contribution is -2.39. The Morgan fingerprint density at radius 3 is 2.35 bits per heavy atom. The molecule has 0 unspecified atom stereocenters. The molecule has 102 valence electrons. The molecule has 0 radical (unpaired) electrons. The highest BCUT2D eigenvalue weighted by Gasteiger charge is 2.32. The van der Waals surface area contributed by atoms with Crippen LogP contribution >= 0.6 is 12.4 Å². The Hall–Kier alpha value is -0.280. The van der Waals surface area contributed by atoms with Crippen LogP contribution in [-0.4, -0.2) is 19.0 Å². The van der Waals surface area contributed by atoms with Crippen molar-refractivity contribution in [1.82, 2.24) is 5.32 Å². The molecule has 1 saturated carbocycles. The van der Waals surface area contributed by atoms with Crippen molar-refractivity contribution in [3.8, 4) is 0 Å². The summed E-state index contributed by atoms with van der Waals surface area (Å²) in [5.74, 6) is 0.699. The van der Waals surface area contributed by atoms with E-state index in [1.54, 1.807) is 0 Å². The number of hydrogen-bond donors (Lipinski definition) is 2. The molecule has 0 aromatic rings. The molecule has 1 aliphatic carbocycles. The summed E-state index contributed by atoms with van der Waals surface area (Å²) in [6, 6.07) is 0. The molecule has 0 spiro atoms. The van der Waals surface area contributed by atoms with Gasteiger partial charge in [0.15, 0.2) is 0 Å². The minimum Gasteiger partial charge on any atom is -0.356 e. The molecule has 0 saturated heterocycles. The van der Waals surface area contributed by atoms with Crippen LogP contribution in [0.1, 0.15) is 52.4 Å². The van der Waals surface area contributed by atoms with E-state index in [2.05, 4.69) is 19.2 Å². The summed E-state index contributed by atoms with van der Waals surface area (Å²) in [5, 5.41) is 2.99. The van der Waals surface area contributed by atoms with Gasteiger partial charge in [-0.15, -0.1) is 12.4 Å². The zero-order chi connectivity index (χ0) is 12.0. The van der Waals surface area contributed by atoms with Gasteiger partial charge in [-0.25, -0.2) is 0 Å². The lowest BCUT2D eigenvalue weighted by molar-refractivity contribution is -0.124. The normalized spacial score (nSPS) is 18.6. The molecule has 4 heteroatoms. The van der Waals surface area contributed by atoms with Crippen molar-refractivity contribution >= 4 is 18.3 Å². The third-order valence-electron chi connectivity index (χ3n) is 3.59. The summed E-state index contributed by atoms with van der Waals surface area (Å²) in [4.78, 5) is 11.8. The fraction of sp³-hybridized carbons (Fsp3) is 0.923. The van der Waals surface area contributed by atoms with Gasteiger partial charge in [-0.3, -0.25) is 4.79 Å². The number of nitrogens with two attached hydrogens (primary N) is 1. The first-order valence-corrected chi connectivity index (χ1v) is 6.55. The van der Waals surface area contributed by atoms with Crippen LogP contribution in [0.4, 0.5) is 0 Å². The Labute approximate surface area is 111 Å². The van der Waals surface area contributed by atoms with Crippen LogP contribution in [0.2, 0.25) is 0 Å². The maximum Gasteiger partial charge on any atom is 0.220 e. The molecular formula is C13H27ClN2O. The third kappa shape index (κ3) is 5.73. The molecule has 0 bridgehead atoms. The SMILES string of the molecule is CC(C)CNC(=O)CC1(CN)CCCCC1.Cl. The van der Waals surface area contributed by atoms with E-state index in [9.17, 15) is 4.79 Å². The molecule has 17 heavy (non-hydrogen) atoms. The summed E-state index contributed by atoms with van der Waals surface area (Å²) >= 11 is 0. The summed E-state index contributed by atoms with van der Waals surface area (Å²) < 4.78 is 0. The maximum absolute atomic E-state index is 11.8. The van der Waals surface area contributed by atoms with Crippen molar-refractivity contribution in [2.24, 2.45) is 17.1 Å². The molecule has 1 rings (SSSR count). The number of halogens is 1. The minimum atomic E-state index is 0. The second kappa shape index (κ2) is 7.93. The predicted molar refractivity (Wildman–Crippen MR) is 74.3 cm³/mol. The van der Waals surface area contributed by atoms with Gasteiger partial charge in [-0.05, 0) is 30.7 Å². The highest BCUT2D eigenvalue weighted by Crippen LogP contribution is 2.38.